The molecule has 0 spiro atoms. The van der Waals surface area contributed by atoms with Gasteiger partial charge in [0, 0.05) is 42.7 Å². The van der Waals surface area contributed by atoms with Gasteiger partial charge in [0.2, 0.25) is 11.9 Å². The molecular formula is C26H32FN5O2. The van der Waals surface area contributed by atoms with E-state index in [4.69, 9.17) is 14.7 Å². The number of rotatable bonds is 7. The quantitative estimate of drug-likeness (QED) is 0.564. The number of nitrogens with zero attached hydrogens (tertiary/aromatic N) is 4. The van der Waals surface area contributed by atoms with Crippen molar-refractivity contribution >= 4 is 28.4 Å². The lowest BCUT2D eigenvalue weighted by Gasteiger charge is -2.35. The lowest BCUT2D eigenvalue weighted by atomic mass is 10.0. The first-order chi connectivity index (χ1) is 16.3. The van der Waals surface area contributed by atoms with E-state index in [9.17, 15) is 9.18 Å². The zero-order valence-electron chi connectivity index (χ0n) is 20.3. The minimum absolute atomic E-state index is 0.173. The van der Waals surface area contributed by atoms with E-state index >= 15 is 0 Å². The number of anilines is 2. The van der Waals surface area contributed by atoms with Crippen LogP contribution in [0.4, 0.5) is 16.0 Å². The number of amides is 1. The number of hydrogen-bond donors (Lipinski definition) is 1. The summed E-state index contributed by atoms with van der Waals surface area (Å²) in [6.45, 7) is 3.85. The van der Waals surface area contributed by atoms with Gasteiger partial charge in [-0.05, 0) is 70.1 Å². The summed E-state index contributed by atoms with van der Waals surface area (Å²) < 4.78 is 19.1. The summed E-state index contributed by atoms with van der Waals surface area (Å²) >= 11 is 0. The second-order valence-electron chi connectivity index (χ2n) is 9.03. The predicted molar refractivity (Wildman–Crippen MR) is 133 cm³/mol. The fraction of sp³-hybridized carbons (Fsp3) is 0.423. The Hall–Kier alpha value is -3.26. The third-order valence-corrected chi connectivity index (χ3v) is 6.52. The van der Waals surface area contributed by atoms with Gasteiger partial charge >= 0.3 is 0 Å². The Morgan fingerprint density at radius 3 is 2.62 bits per heavy atom. The van der Waals surface area contributed by atoms with Crippen LogP contribution in [0.1, 0.15) is 30.5 Å². The molecule has 1 aromatic heterocycles. The third-order valence-electron chi connectivity index (χ3n) is 6.52. The SMILES string of the molecule is COc1ccc(CCC(=O)Nc2ccc3nc(N4CCC(N(C)C)CC4)nc(C)c3c2)c(F)c1. The maximum absolute atomic E-state index is 14.1. The maximum atomic E-state index is 14.1. The largest absolute Gasteiger partial charge is 0.497 e. The highest BCUT2D eigenvalue weighted by Gasteiger charge is 2.23. The molecule has 0 saturated carbocycles. The van der Waals surface area contributed by atoms with E-state index < -0.39 is 0 Å². The molecule has 0 atom stereocenters. The van der Waals surface area contributed by atoms with Crippen LogP contribution >= 0.6 is 0 Å². The Morgan fingerprint density at radius 2 is 1.94 bits per heavy atom. The predicted octanol–water partition coefficient (Wildman–Crippen LogP) is 4.19. The fourth-order valence-electron chi connectivity index (χ4n) is 4.40. The molecule has 2 aromatic carbocycles. The van der Waals surface area contributed by atoms with Crippen molar-refractivity contribution in [1.82, 2.24) is 14.9 Å². The number of nitrogens with one attached hydrogen (secondary N) is 1. The second kappa shape index (κ2) is 10.3. The van der Waals surface area contributed by atoms with Gasteiger partial charge in [-0.3, -0.25) is 4.79 Å². The van der Waals surface area contributed by atoms with E-state index in [-0.39, 0.29) is 18.1 Å². The molecule has 3 aromatic rings. The third kappa shape index (κ3) is 5.44. The number of aryl methyl sites for hydroxylation is 2. The van der Waals surface area contributed by atoms with Gasteiger partial charge in [0.05, 0.1) is 18.3 Å². The van der Waals surface area contributed by atoms with Crippen LogP contribution in [0.5, 0.6) is 5.75 Å². The van der Waals surface area contributed by atoms with E-state index in [1.54, 1.807) is 12.1 Å². The van der Waals surface area contributed by atoms with Gasteiger partial charge in [-0.1, -0.05) is 6.07 Å². The summed E-state index contributed by atoms with van der Waals surface area (Å²) in [6, 6.07) is 10.9. The normalized spacial score (nSPS) is 14.6. The molecular weight excluding hydrogens is 433 g/mol. The molecule has 1 aliphatic rings. The first-order valence-electron chi connectivity index (χ1n) is 11.7. The van der Waals surface area contributed by atoms with Crippen LogP contribution in [0.25, 0.3) is 10.9 Å². The molecule has 1 amide bonds. The minimum Gasteiger partial charge on any atom is -0.497 e. The topological polar surface area (TPSA) is 70.6 Å². The number of benzene rings is 2. The number of halogens is 1. The summed E-state index contributed by atoms with van der Waals surface area (Å²) in [5, 5.41) is 3.82. The minimum atomic E-state index is -0.368. The zero-order chi connectivity index (χ0) is 24.2. The lowest BCUT2D eigenvalue weighted by Crippen LogP contribution is -2.42. The number of methoxy groups -OCH3 is 1. The molecule has 1 N–H and O–H groups in total. The summed E-state index contributed by atoms with van der Waals surface area (Å²) in [7, 11) is 5.75. The first kappa shape index (κ1) is 23.9. The second-order valence-corrected chi connectivity index (χ2v) is 9.03. The highest BCUT2D eigenvalue weighted by molar-refractivity contribution is 5.94. The van der Waals surface area contributed by atoms with E-state index in [1.807, 2.05) is 25.1 Å². The summed E-state index contributed by atoms with van der Waals surface area (Å²) in [5.41, 5.74) is 2.90. The van der Waals surface area contributed by atoms with Gasteiger partial charge in [-0.2, -0.15) is 0 Å². The van der Waals surface area contributed by atoms with Crippen molar-refractivity contribution < 1.29 is 13.9 Å². The van der Waals surface area contributed by atoms with Crippen LogP contribution < -0.4 is 15.0 Å². The maximum Gasteiger partial charge on any atom is 0.226 e. The van der Waals surface area contributed by atoms with Gasteiger partial charge in [-0.25, -0.2) is 14.4 Å². The summed E-state index contributed by atoms with van der Waals surface area (Å²) in [4.78, 5) is 26.5. The summed E-state index contributed by atoms with van der Waals surface area (Å²) in [5.74, 6) is 0.682. The number of piperidine rings is 1. The van der Waals surface area contributed by atoms with Crippen molar-refractivity contribution in [2.75, 3.05) is 44.5 Å². The highest BCUT2D eigenvalue weighted by atomic mass is 19.1. The molecule has 180 valence electrons. The molecule has 1 fully saturated rings. The van der Waals surface area contributed by atoms with Crippen molar-refractivity contribution in [2.45, 2.75) is 38.6 Å². The van der Waals surface area contributed by atoms with Crippen molar-refractivity contribution in [1.29, 1.82) is 0 Å². The van der Waals surface area contributed by atoms with Crippen molar-refractivity contribution in [3.05, 3.63) is 53.5 Å². The monoisotopic (exact) mass is 465 g/mol. The smallest absolute Gasteiger partial charge is 0.226 e. The van der Waals surface area contributed by atoms with Crippen molar-refractivity contribution in [2.24, 2.45) is 0 Å². The standard InChI is InChI=1S/C26H32FN5O2/c1-17-22-15-19(29-25(33)10-6-18-5-8-21(34-4)16-23(18)27)7-9-24(22)30-26(28-17)32-13-11-20(12-14-32)31(2)3/h5,7-9,15-16,20H,6,10-14H2,1-4H3,(H,29,33). The summed E-state index contributed by atoms with van der Waals surface area (Å²) in [6.07, 6.45) is 2.68. The van der Waals surface area contributed by atoms with E-state index in [0.29, 0.717) is 29.5 Å². The molecule has 2 heterocycles. The van der Waals surface area contributed by atoms with Gasteiger partial charge in [-0.15, -0.1) is 0 Å². The molecule has 1 saturated heterocycles. The Morgan fingerprint density at radius 1 is 1.18 bits per heavy atom. The fourth-order valence-corrected chi connectivity index (χ4v) is 4.40. The molecule has 34 heavy (non-hydrogen) atoms. The Bertz CT molecular complexity index is 1180. The van der Waals surface area contributed by atoms with Crippen molar-refractivity contribution in [3.8, 4) is 5.75 Å². The van der Waals surface area contributed by atoms with Gasteiger partial charge in [0.25, 0.3) is 0 Å². The molecule has 0 radical (unpaired) electrons. The molecule has 7 nitrogen and oxygen atoms in total. The Labute approximate surface area is 199 Å². The Balaban J connectivity index is 1.41. The van der Waals surface area contributed by atoms with Crippen LogP contribution in [-0.2, 0) is 11.2 Å². The zero-order valence-corrected chi connectivity index (χ0v) is 20.3. The van der Waals surface area contributed by atoms with Crippen LogP contribution in [-0.4, -0.2) is 61.1 Å². The molecule has 1 aliphatic heterocycles. The van der Waals surface area contributed by atoms with Gasteiger partial charge < -0.3 is 19.9 Å². The molecule has 0 bridgehead atoms. The highest BCUT2D eigenvalue weighted by Crippen LogP contribution is 2.25. The van der Waals surface area contributed by atoms with Crippen molar-refractivity contribution in [3.63, 3.8) is 0 Å². The molecule has 0 unspecified atom stereocenters. The number of fused-ring (bicyclic) bond motifs is 1. The Kier molecular flexibility index (Phi) is 7.26. The van der Waals surface area contributed by atoms with E-state index in [1.165, 1.54) is 13.2 Å². The van der Waals surface area contributed by atoms with Gasteiger partial charge in [0.15, 0.2) is 0 Å². The van der Waals surface area contributed by atoms with Crippen LogP contribution in [0.15, 0.2) is 36.4 Å². The average molecular weight is 466 g/mol. The number of ether oxygens (including phenoxy) is 1. The molecule has 8 heteroatoms. The number of hydrogen-bond acceptors (Lipinski definition) is 6. The number of aromatic nitrogens is 2. The number of carbonyl (C=O) groups is 1. The average Bonchev–Trinajstić information content (AvgIpc) is 2.83. The first-order valence-corrected chi connectivity index (χ1v) is 11.7. The van der Waals surface area contributed by atoms with Gasteiger partial charge in [0.1, 0.15) is 11.6 Å². The van der Waals surface area contributed by atoms with Crippen LogP contribution in [0, 0.1) is 12.7 Å². The molecule has 0 aliphatic carbocycles. The lowest BCUT2D eigenvalue weighted by molar-refractivity contribution is -0.116. The van der Waals surface area contributed by atoms with E-state index in [0.717, 1.165) is 48.5 Å². The number of carbonyl (C=O) groups excluding carboxylic acids is 1. The van der Waals surface area contributed by atoms with Crippen LogP contribution in [0.3, 0.4) is 0 Å². The van der Waals surface area contributed by atoms with E-state index in [2.05, 4.69) is 29.2 Å². The van der Waals surface area contributed by atoms with Crippen LogP contribution in [0.2, 0.25) is 0 Å². The molecule has 4 rings (SSSR count).